The van der Waals surface area contributed by atoms with Crippen LogP contribution in [-0.4, -0.2) is 22.6 Å². The summed E-state index contributed by atoms with van der Waals surface area (Å²) in [6.45, 7) is 7.27. The third-order valence-electron chi connectivity index (χ3n) is 4.97. The van der Waals surface area contributed by atoms with E-state index in [4.69, 9.17) is 35.5 Å². The minimum atomic E-state index is -0.584. The second kappa shape index (κ2) is 9.28. The van der Waals surface area contributed by atoms with Crippen LogP contribution >= 0.6 is 23.2 Å². The van der Waals surface area contributed by atoms with Crippen LogP contribution in [0.3, 0.4) is 0 Å². The molecule has 0 saturated heterocycles. The van der Waals surface area contributed by atoms with Gasteiger partial charge in [0.1, 0.15) is 0 Å². The van der Waals surface area contributed by atoms with Crippen molar-refractivity contribution in [2.24, 2.45) is 5.73 Å². The van der Waals surface area contributed by atoms with E-state index in [2.05, 4.69) is 25.7 Å². The molecule has 0 aliphatic carbocycles. The maximum atomic E-state index is 12.9. The lowest BCUT2D eigenvalue weighted by molar-refractivity contribution is -0.117. The summed E-state index contributed by atoms with van der Waals surface area (Å²) < 4.78 is 0. The van der Waals surface area contributed by atoms with E-state index in [1.807, 2.05) is 18.2 Å². The Balaban J connectivity index is 1.58. The monoisotopic (exact) mass is 464 g/mol. The maximum absolute atomic E-state index is 12.9. The van der Waals surface area contributed by atoms with Gasteiger partial charge in [0.05, 0.1) is 28.1 Å². The van der Waals surface area contributed by atoms with Crippen LogP contribution in [0.4, 0.5) is 22.9 Å². The summed E-state index contributed by atoms with van der Waals surface area (Å²) >= 11 is 12.1. The first-order chi connectivity index (χ1) is 15.5. The zero-order chi connectivity index (χ0) is 22.7. The first kappa shape index (κ1) is 21.7. The van der Waals surface area contributed by atoms with E-state index in [0.717, 1.165) is 16.6 Å². The summed E-state index contributed by atoms with van der Waals surface area (Å²) in [6.07, 6.45) is 0. The number of H-pyrrole nitrogens is 1. The quantitative estimate of drug-likeness (QED) is 0.269. The highest BCUT2D eigenvalue weighted by molar-refractivity contribution is 6.42. The molecule has 0 radical (unpaired) electrons. The number of aromatic nitrogens is 2. The SMILES string of the molecule is [C-]#[N+]c1cccc(Nc2n[nH]c3ccc(NC(=O)C(CN)c4ccc(Cl)c(Cl)c4)cc23)c1. The number of nitrogens with two attached hydrogens (primary N) is 1. The van der Waals surface area contributed by atoms with E-state index >= 15 is 0 Å². The fraction of sp³-hybridized carbons (Fsp3) is 0.0870. The van der Waals surface area contributed by atoms with Crippen LogP contribution in [0.25, 0.3) is 15.7 Å². The first-order valence-electron chi connectivity index (χ1n) is 9.67. The molecule has 7 nitrogen and oxygen atoms in total. The van der Waals surface area contributed by atoms with Gasteiger partial charge in [-0.15, -0.1) is 0 Å². The molecule has 0 aliphatic rings. The molecule has 0 spiro atoms. The molecule has 4 rings (SSSR count). The van der Waals surface area contributed by atoms with Crippen molar-refractivity contribution in [3.63, 3.8) is 0 Å². The number of nitrogens with one attached hydrogen (secondary N) is 3. The summed E-state index contributed by atoms with van der Waals surface area (Å²) in [5.41, 5.74) is 9.22. The average Bonchev–Trinajstić information content (AvgIpc) is 3.18. The molecule has 160 valence electrons. The lowest BCUT2D eigenvalue weighted by Crippen LogP contribution is -2.27. The van der Waals surface area contributed by atoms with Gasteiger partial charge in [0.2, 0.25) is 5.91 Å². The Morgan fingerprint density at radius 3 is 2.69 bits per heavy atom. The number of rotatable bonds is 6. The number of hydrogen-bond acceptors (Lipinski definition) is 4. The molecule has 0 aliphatic heterocycles. The Morgan fingerprint density at radius 2 is 1.94 bits per heavy atom. The molecule has 4 aromatic rings. The second-order valence-corrected chi connectivity index (χ2v) is 7.89. The van der Waals surface area contributed by atoms with Crippen molar-refractivity contribution in [3.05, 3.63) is 87.7 Å². The molecule has 3 aromatic carbocycles. The molecule has 9 heteroatoms. The Morgan fingerprint density at radius 1 is 1.09 bits per heavy atom. The van der Waals surface area contributed by atoms with Gasteiger partial charge >= 0.3 is 0 Å². The van der Waals surface area contributed by atoms with Gasteiger partial charge in [-0.05, 0) is 48.0 Å². The maximum Gasteiger partial charge on any atom is 0.233 e. The van der Waals surface area contributed by atoms with Crippen molar-refractivity contribution in [1.29, 1.82) is 0 Å². The molecule has 0 fully saturated rings. The topological polar surface area (TPSA) is 100 Å². The van der Waals surface area contributed by atoms with E-state index in [1.54, 1.807) is 42.5 Å². The largest absolute Gasteiger partial charge is 0.339 e. The minimum Gasteiger partial charge on any atom is -0.339 e. The Labute approximate surface area is 194 Å². The zero-order valence-corrected chi connectivity index (χ0v) is 18.2. The van der Waals surface area contributed by atoms with Gasteiger partial charge < -0.3 is 16.4 Å². The molecule has 32 heavy (non-hydrogen) atoms. The van der Waals surface area contributed by atoms with Crippen molar-refractivity contribution in [1.82, 2.24) is 10.2 Å². The number of amides is 1. The van der Waals surface area contributed by atoms with Gasteiger partial charge in [0, 0.05) is 23.3 Å². The fourth-order valence-electron chi connectivity index (χ4n) is 3.33. The van der Waals surface area contributed by atoms with Crippen LogP contribution in [0.1, 0.15) is 11.5 Å². The Bertz CT molecular complexity index is 1340. The highest BCUT2D eigenvalue weighted by atomic mass is 35.5. The average molecular weight is 465 g/mol. The molecule has 1 atom stereocenters. The predicted octanol–water partition coefficient (Wildman–Crippen LogP) is 5.85. The number of fused-ring (bicyclic) bond motifs is 1. The van der Waals surface area contributed by atoms with Gasteiger partial charge in [-0.1, -0.05) is 41.4 Å². The third-order valence-corrected chi connectivity index (χ3v) is 5.71. The first-order valence-corrected chi connectivity index (χ1v) is 10.4. The van der Waals surface area contributed by atoms with Crippen LogP contribution in [0.5, 0.6) is 0 Å². The summed E-state index contributed by atoms with van der Waals surface area (Å²) in [4.78, 5) is 16.4. The molecular weight excluding hydrogens is 447 g/mol. The minimum absolute atomic E-state index is 0.113. The lowest BCUT2D eigenvalue weighted by atomic mass is 9.98. The Hall–Kier alpha value is -3.57. The number of carbonyl (C=O) groups excluding carboxylic acids is 1. The van der Waals surface area contributed by atoms with Gasteiger partial charge in [-0.3, -0.25) is 9.89 Å². The standard InChI is InChI=1S/C23H18Cl2N6O/c1-27-14-3-2-4-15(10-14)28-22-17-11-16(6-8-21(17)30-31-22)29-23(32)18(12-26)13-5-7-19(24)20(25)9-13/h2-11,18H,12,26H2,(H,29,32)(H2,28,30,31). The zero-order valence-electron chi connectivity index (χ0n) is 16.7. The van der Waals surface area contributed by atoms with Crippen molar-refractivity contribution >= 4 is 62.9 Å². The van der Waals surface area contributed by atoms with Gasteiger partial charge in [0.25, 0.3) is 0 Å². The number of carbonyl (C=O) groups is 1. The summed E-state index contributed by atoms with van der Waals surface area (Å²) in [5.74, 6) is -0.259. The smallest absolute Gasteiger partial charge is 0.233 e. The Kier molecular flexibility index (Phi) is 6.28. The van der Waals surface area contributed by atoms with Crippen molar-refractivity contribution < 1.29 is 4.79 Å². The van der Waals surface area contributed by atoms with Crippen LogP contribution in [0.15, 0.2) is 60.7 Å². The summed E-state index contributed by atoms with van der Waals surface area (Å²) in [7, 11) is 0. The number of nitrogens with zero attached hydrogens (tertiary/aromatic N) is 2. The van der Waals surface area contributed by atoms with Crippen molar-refractivity contribution in [2.45, 2.75) is 5.92 Å². The van der Waals surface area contributed by atoms with E-state index < -0.39 is 5.92 Å². The van der Waals surface area contributed by atoms with E-state index in [0.29, 0.717) is 32.8 Å². The number of hydrogen-bond donors (Lipinski definition) is 4. The van der Waals surface area contributed by atoms with Crippen molar-refractivity contribution in [3.8, 4) is 0 Å². The molecule has 0 saturated carbocycles. The molecule has 0 bridgehead atoms. The van der Waals surface area contributed by atoms with Gasteiger partial charge in [-0.25, -0.2) is 4.85 Å². The van der Waals surface area contributed by atoms with E-state index in [-0.39, 0.29) is 12.5 Å². The lowest BCUT2D eigenvalue weighted by Gasteiger charge is -2.16. The van der Waals surface area contributed by atoms with Crippen LogP contribution in [0, 0.1) is 6.57 Å². The molecule has 1 aromatic heterocycles. The second-order valence-electron chi connectivity index (χ2n) is 7.07. The number of benzene rings is 3. The van der Waals surface area contributed by atoms with Crippen LogP contribution in [0.2, 0.25) is 10.0 Å². The molecule has 1 unspecified atom stereocenters. The van der Waals surface area contributed by atoms with Crippen LogP contribution < -0.4 is 16.4 Å². The van der Waals surface area contributed by atoms with Crippen LogP contribution in [-0.2, 0) is 4.79 Å². The molecule has 1 heterocycles. The summed E-state index contributed by atoms with van der Waals surface area (Å²) in [6, 6.07) is 17.6. The highest BCUT2D eigenvalue weighted by Gasteiger charge is 2.20. The number of halogens is 2. The molecule has 1 amide bonds. The fourth-order valence-corrected chi connectivity index (χ4v) is 3.64. The van der Waals surface area contributed by atoms with Crippen molar-refractivity contribution in [2.75, 3.05) is 17.2 Å². The highest BCUT2D eigenvalue weighted by Crippen LogP contribution is 2.30. The normalized spacial score (nSPS) is 11.7. The third kappa shape index (κ3) is 4.53. The molecule has 5 N–H and O–H groups in total. The van der Waals surface area contributed by atoms with E-state index in [1.165, 1.54) is 0 Å². The summed E-state index contributed by atoms with van der Waals surface area (Å²) in [5, 5.41) is 15.0. The predicted molar refractivity (Wildman–Crippen MR) is 129 cm³/mol. The van der Waals surface area contributed by atoms with Gasteiger partial charge in [-0.2, -0.15) is 5.10 Å². The number of anilines is 3. The number of aromatic amines is 1. The molecular formula is C23H18Cl2N6O. The van der Waals surface area contributed by atoms with E-state index in [9.17, 15) is 4.79 Å². The van der Waals surface area contributed by atoms with Gasteiger partial charge in [0.15, 0.2) is 11.5 Å².